The molecule has 0 N–H and O–H groups in total. The molecule has 3 heterocycles. The van der Waals surface area contributed by atoms with Gasteiger partial charge in [-0.15, -0.1) is 0 Å². The van der Waals surface area contributed by atoms with Crippen LogP contribution in [0.2, 0.25) is 5.02 Å². The average molecular weight is 327 g/mol. The zero-order valence-electron chi connectivity index (χ0n) is 12.4. The molecular weight excluding hydrogens is 312 g/mol. The second kappa shape index (κ2) is 5.66. The Balaban J connectivity index is 1.71. The lowest BCUT2D eigenvalue weighted by molar-refractivity contribution is 0.0737. The number of carbonyl (C=O) groups is 1. The van der Waals surface area contributed by atoms with Crippen LogP contribution in [-0.2, 0) is 0 Å². The number of nitrogens with zero attached hydrogens (tertiary/aromatic N) is 4. The highest BCUT2D eigenvalue weighted by Gasteiger charge is 2.33. The van der Waals surface area contributed by atoms with Crippen LogP contribution in [0.3, 0.4) is 0 Å². The van der Waals surface area contributed by atoms with Crippen molar-refractivity contribution < 1.29 is 4.79 Å². The smallest absolute Gasteiger partial charge is 0.259 e. The van der Waals surface area contributed by atoms with E-state index in [0.29, 0.717) is 16.2 Å². The predicted octanol–water partition coefficient (Wildman–Crippen LogP) is 3.36. The Morgan fingerprint density at radius 1 is 1.26 bits per heavy atom. The molecule has 1 atom stereocenters. The van der Waals surface area contributed by atoms with Gasteiger partial charge in [0.1, 0.15) is 5.56 Å². The summed E-state index contributed by atoms with van der Waals surface area (Å²) in [7, 11) is 0. The number of fused-ring (bicyclic) bond motifs is 1. The fourth-order valence-corrected chi connectivity index (χ4v) is 3.47. The van der Waals surface area contributed by atoms with Gasteiger partial charge in [0.05, 0.1) is 12.2 Å². The van der Waals surface area contributed by atoms with Gasteiger partial charge in [-0.05, 0) is 30.5 Å². The summed E-state index contributed by atoms with van der Waals surface area (Å²) >= 11 is 6.33. The summed E-state index contributed by atoms with van der Waals surface area (Å²) in [5, 5.41) is 4.91. The topological polar surface area (TPSA) is 50.5 Å². The van der Waals surface area contributed by atoms with Gasteiger partial charge in [-0.25, -0.2) is 9.50 Å². The molecule has 0 radical (unpaired) electrons. The van der Waals surface area contributed by atoms with E-state index in [1.807, 2.05) is 29.2 Å². The molecule has 2 aromatic heterocycles. The van der Waals surface area contributed by atoms with Crippen LogP contribution < -0.4 is 0 Å². The number of carbonyl (C=O) groups excluding carboxylic acids is 1. The molecule has 6 heteroatoms. The molecule has 116 valence electrons. The monoisotopic (exact) mass is 326 g/mol. The van der Waals surface area contributed by atoms with E-state index in [9.17, 15) is 4.79 Å². The quantitative estimate of drug-likeness (QED) is 0.725. The molecule has 0 bridgehead atoms. The molecule has 3 aromatic rings. The zero-order valence-corrected chi connectivity index (χ0v) is 13.1. The van der Waals surface area contributed by atoms with Gasteiger partial charge in [-0.3, -0.25) is 4.79 Å². The molecule has 4 rings (SSSR count). The van der Waals surface area contributed by atoms with Gasteiger partial charge in [-0.2, -0.15) is 5.10 Å². The number of hydrogen-bond acceptors (Lipinski definition) is 3. The number of likely N-dealkylation sites (tertiary alicyclic amines) is 1. The first-order valence-corrected chi connectivity index (χ1v) is 7.97. The Bertz CT molecular complexity index is 876. The summed E-state index contributed by atoms with van der Waals surface area (Å²) in [6.45, 7) is 0.721. The molecule has 23 heavy (non-hydrogen) atoms. The van der Waals surface area contributed by atoms with Crippen molar-refractivity contribution in [3.63, 3.8) is 0 Å². The number of amides is 1. The van der Waals surface area contributed by atoms with Crippen LogP contribution in [0, 0.1) is 0 Å². The lowest BCUT2D eigenvalue weighted by Crippen LogP contribution is -2.30. The second-order valence-electron chi connectivity index (χ2n) is 5.62. The number of hydrogen-bond donors (Lipinski definition) is 0. The minimum absolute atomic E-state index is 0.00913. The van der Waals surface area contributed by atoms with Gasteiger partial charge < -0.3 is 4.90 Å². The molecule has 1 unspecified atom stereocenters. The maximum Gasteiger partial charge on any atom is 0.259 e. The van der Waals surface area contributed by atoms with Gasteiger partial charge in [0.2, 0.25) is 0 Å². The van der Waals surface area contributed by atoms with Gasteiger partial charge in [-0.1, -0.05) is 29.8 Å². The number of aromatic nitrogens is 3. The molecule has 1 fully saturated rings. The Hall–Kier alpha value is -2.40. The maximum atomic E-state index is 13.0. The molecule has 0 aliphatic carbocycles. The van der Waals surface area contributed by atoms with E-state index >= 15 is 0 Å². The van der Waals surface area contributed by atoms with Crippen molar-refractivity contribution in [3.05, 3.63) is 65.1 Å². The highest BCUT2D eigenvalue weighted by molar-refractivity contribution is 6.31. The number of halogens is 1. The summed E-state index contributed by atoms with van der Waals surface area (Å²) in [5.41, 5.74) is 2.12. The summed E-state index contributed by atoms with van der Waals surface area (Å²) in [6, 6.07) is 9.52. The van der Waals surface area contributed by atoms with Crippen molar-refractivity contribution in [1.29, 1.82) is 0 Å². The van der Waals surface area contributed by atoms with E-state index in [2.05, 4.69) is 10.1 Å². The first-order valence-electron chi connectivity index (χ1n) is 7.59. The highest BCUT2D eigenvalue weighted by atomic mass is 35.5. The van der Waals surface area contributed by atoms with Gasteiger partial charge in [0.25, 0.3) is 5.91 Å². The van der Waals surface area contributed by atoms with Crippen LogP contribution >= 0.6 is 11.6 Å². The first kappa shape index (κ1) is 14.2. The van der Waals surface area contributed by atoms with Crippen molar-refractivity contribution in [3.8, 4) is 0 Å². The van der Waals surface area contributed by atoms with E-state index in [4.69, 9.17) is 11.6 Å². The normalized spacial score (nSPS) is 17.8. The Kier molecular flexibility index (Phi) is 3.50. The van der Waals surface area contributed by atoms with Gasteiger partial charge >= 0.3 is 0 Å². The van der Waals surface area contributed by atoms with Crippen LogP contribution in [-0.4, -0.2) is 31.9 Å². The summed E-state index contributed by atoms with van der Waals surface area (Å²) in [4.78, 5) is 19.2. The minimum Gasteiger partial charge on any atom is -0.331 e. The molecule has 1 aliphatic rings. The fraction of sp³-hybridized carbons (Fsp3) is 0.235. The molecule has 1 saturated heterocycles. The van der Waals surface area contributed by atoms with Crippen molar-refractivity contribution in [2.45, 2.75) is 18.9 Å². The third-order valence-electron chi connectivity index (χ3n) is 4.29. The van der Waals surface area contributed by atoms with E-state index in [1.165, 1.54) is 0 Å². The molecule has 1 aliphatic heterocycles. The van der Waals surface area contributed by atoms with Crippen molar-refractivity contribution in [1.82, 2.24) is 19.5 Å². The SMILES string of the molecule is O=C(c1cnn2cccnc12)N1CCCC1c1ccccc1Cl. The molecule has 0 spiro atoms. The molecule has 5 nitrogen and oxygen atoms in total. The van der Waals surface area contributed by atoms with Crippen LogP contribution in [0.1, 0.15) is 34.8 Å². The van der Waals surface area contributed by atoms with E-state index in [-0.39, 0.29) is 11.9 Å². The maximum absolute atomic E-state index is 13.0. The minimum atomic E-state index is -0.0406. The van der Waals surface area contributed by atoms with Crippen LogP contribution in [0.4, 0.5) is 0 Å². The summed E-state index contributed by atoms with van der Waals surface area (Å²) in [5.74, 6) is -0.0406. The third-order valence-corrected chi connectivity index (χ3v) is 4.63. The predicted molar refractivity (Wildman–Crippen MR) is 87.5 cm³/mol. The lowest BCUT2D eigenvalue weighted by Gasteiger charge is -2.25. The fourth-order valence-electron chi connectivity index (χ4n) is 3.21. The van der Waals surface area contributed by atoms with E-state index in [1.54, 1.807) is 29.2 Å². The second-order valence-corrected chi connectivity index (χ2v) is 6.03. The first-order chi connectivity index (χ1) is 11.3. The van der Waals surface area contributed by atoms with Crippen LogP contribution in [0.15, 0.2) is 48.9 Å². The summed E-state index contributed by atoms with van der Waals surface area (Å²) < 4.78 is 1.62. The zero-order chi connectivity index (χ0) is 15.8. The third kappa shape index (κ3) is 2.37. The average Bonchev–Trinajstić information content (AvgIpc) is 3.22. The number of rotatable bonds is 2. The molecular formula is C17H15ClN4O. The highest BCUT2D eigenvalue weighted by Crippen LogP contribution is 2.36. The molecule has 1 aromatic carbocycles. The van der Waals surface area contributed by atoms with Crippen LogP contribution in [0.25, 0.3) is 5.65 Å². The van der Waals surface area contributed by atoms with Gasteiger partial charge in [0, 0.05) is 24.0 Å². The van der Waals surface area contributed by atoms with Crippen molar-refractivity contribution in [2.24, 2.45) is 0 Å². The summed E-state index contributed by atoms with van der Waals surface area (Å²) in [6.07, 6.45) is 6.93. The Morgan fingerprint density at radius 3 is 3.00 bits per heavy atom. The molecule has 1 amide bonds. The van der Waals surface area contributed by atoms with Gasteiger partial charge in [0.15, 0.2) is 5.65 Å². The van der Waals surface area contributed by atoms with Crippen molar-refractivity contribution in [2.75, 3.05) is 6.54 Å². The lowest BCUT2D eigenvalue weighted by atomic mass is 10.0. The Labute approximate surface area is 138 Å². The van der Waals surface area contributed by atoms with E-state index < -0.39 is 0 Å². The standard InChI is InChI=1S/C17H15ClN4O/c18-14-6-2-1-5-12(14)15-7-3-9-21(15)17(23)13-11-20-22-10-4-8-19-16(13)22/h1-2,4-6,8,10-11,15H,3,7,9H2. The van der Waals surface area contributed by atoms with E-state index in [0.717, 1.165) is 24.9 Å². The van der Waals surface area contributed by atoms with Crippen molar-refractivity contribution >= 4 is 23.2 Å². The van der Waals surface area contributed by atoms with Crippen LogP contribution in [0.5, 0.6) is 0 Å². The molecule has 0 saturated carbocycles. The number of benzene rings is 1. The largest absolute Gasteiger partial charge is 0.331 e. The Morgan fingerprint density at radius 2 is 2.13 bits per heavy atom.